The van der Waals surface area contributed by atoms with Crippen molar-refractivity contribution in [2.45, 2.75) is 0 Å². The van der Waals surface area contributed by atoms with Crippen molar-refractivity contribution in [3.8, 4) is 23.1 Å². The van der Waals surface area contributed by atoms with Gasteiger partial charge >= 0.3 is 5.82 Å². The summed E-state index contributed by atoms with van der Waals surface area (Å²) in [7, 11) is 0. The zero-order valence-corrected chi connectivity index (χ0v) is 14.4. The molecule has 10 nitrogen and oxygen atoms in total. The normalized spacial score (nSPS) is 10.7. The van der Waals surface area contributed by atoms with Gasteiger partial charge in [0.25, 0.3) is 11.8 Å². The zero-order chi connectivity index (χ0) is 20.4. The van der Waals surface area contributed by atoms with Crippen LogP contribution in [0.3, 0.4) is 0 Å². The fraction of sp³-hybridized carbons (Fsp3) is 0. The van der Waals surface area contributed by atoms with Crippen LogP contribution in [0, 0.1) is 15.9 Å². The maximum absolute atomic E-state index is 14.2. The zero-order valence-electron chi connectivity index (χ0n) is 14.4. The second-order valence-electron chi connectivity index (χ2n) is 5.68. The van der Waals surface area contributed by atoms with Crippen LogP contribution in [0.1, 0.15) is 10.5 Å². The van der Waals surface area contributed by atoms with E-state index in [1.807, 2.05) is 0 Å². The lowest BCUT2D eigenvalue weighted by Crippen LogP contribution is -2.15. The van der Waals surface area contributed by atoms with Gasteiger partial charge in [-0.3, -0.25) is 4.79 Å². The number of carbonyl (C=O) groups excluding carboxylic acids is 1. The van der Waals surface area contributed by atoms with Gasteiger partial charge in [-0.1, -0.05) is 0 Å². The number of furan rings is 1. The largest absolute Gasteiger partial charge is 0.459 e. The number of aromatic nitrogens is 3. The Morgan fingerprint density at radius 2 is 1.93 bits per heavy atom. The Balaban J connectivity index is 1.60. The molecule has 0 unspecified atom stereocenters. The molecule has 0 saturated heterocycles. The Morgan fingerprint density at radius 3 is 2.69 bits per heavy atom. The molecule has 4 aromatic rings. The highest BCUT2D eigenvalue weighted by Crippen LogP contribution is 2.27. The lowest BCUT2D eigenvalue weighted by atomic mass is 10.2. The minimum atomic E-state index is -0.813. The number of pyridine rings is 1. The van der Waals surface area contributed by atoms with Gasteiger partial charge in [0.05, 0.1) is 12.0 Å². The van der Waals surface area contributed by atoms with Crippen molar-refractivity contribution in [2.75, 3.05) is 5.32 Å². The van der Waals surface area contributed by atoms with Crippen LogP contribution < -0.4 is 5.32 Å². The summed E-state index contributed by atoms with van der Waals surface area (Å²) in [4.78, 5) is 26.0. The first kappa shape index (κ1) is 18.0. The van der Waals surface area contributed by atoms with Gasteiger partial charge in [-0.2, -0.15) is 0 Å². The number of halogens is 1. The topological polar surface area (TPSA) is 137 Å². The Morgan fingerprint density at radius 1 is 1.10 bits per heavy atom. The fourth-order valence-corrected chi connectivity index (χ4v) is 2.43. The van der Waals surface area contributed by atoms with E-state index < -0.39 is 22.5 Å². The van der Waals surface area contributed by atoms with E-state index in [2.05, 4.69) is 20.5 Å². The molecule has 0 aliphatic rings. The molecule has 3 heterocycles. The van der Waals surface area contributed by atoms with E-state index in [9.17, 15) is 19.3 Å². The molecule has 0 bridgehead atoms. The summed E-state index contributed by atoms with van der Waals surface area (Å²) in [5, 5.41) is 20.9. The Hall–Kier alpha value is -4.41. The molecule has 0 spiro atoms. The number of benzene rings is 1. The summed E-state index contributed by atoms with van der Waals surface area (Å²) in [6.07, 6.45) is 1.45. The molecule has 4 rings (SSSR count). The number of carbonyl (C=O) groups is 1. The van der Waals surface area contributed by atoms with Crippen molar-refractivity contribution in [2.24, 2.45) is 0 Å². The molecule has 0 radical (unpaired) electrons. The Labute approximate surface area is 161 Å². The fourth-order valence-electron chi connectivity index (χ4n) is 2.43. The molecule has 0 saturated carbocycles. The first-order valence-corrected chi connectivity index (χ1v) is 8.11. The molecular weight excluding hydrogens is 385 g/mol. The van der Waals surface area contributed by atoms with Crippen LogP contribution in [0.4, 0.5) is 15.9 Å². The summed E-state index contributed by atoms with van der Waals surface area (Å²) in [6, 6.07) is 10.8. The van der Waals surface area contributed by atoms with E-state index in [0.29, 0.717) is 11.3 Å². The highest BCUT2D eigenvalue weighted by Gasteiger charge is 2.19. The van der Waals surface area contributed by atoms with Crippen LogP contribution >= 0.6 is 0 Å². The Kier molecular flexibility index (Phi) is 4.53. The molecule has 1 amide bonds. The van der Waals surface area contributed by atoms with E-state index in [-0.39, 0.29) is 23.2 Å². The van der Waals surface area contributed by atoms with Crippen molar-refractivity contribution < 1.29 is 22.9 Å². The predicted molar refractivity (Wildman–Crippen MR) is 96.2 cm³/mol. The molecule has 0 atom stereocenters. The summed E-state index contributed by atoms with van der Waals surface area (Å²) in [6.45, 7) is 0. The Bertz CT molecular complexity index is 1210. The number of amides is 1. The summed E-state index contributed by atoms with van der Waals surface area (Å²) >= 11 is 0. The molecular formula is C18H10FN5O5. The first-order chi connectivity index (χ1) is 14.0. The number of nitro groups is 1. The van der Waals surface area contributed by atoms with Crippen molar-refractivity contribution in [3.05, 3.63) is 76.4 Å². The van der Waals surface area contributed by atoms with E-state index >= 15 is 0 Å². The van der Waals surface area contributed by atoms with E-state index in [1.54, 1.807) is 12.1 Å². The van der Waals surface area contributed by atoms with Gasteiger partial charge in [0.1, 0.15) is 5.82 Å². The third-order valence-electron chi connectivity index (χ3n) is 3.77. The van der Waals surface area contributed by atoms with Crippen LogP contribution in [-0.2, 0) is 0 Å². The van der Waals surface area contributed by atoms with Crippen LogP contribution in [0.5, 0.6) is 0 Å². The second-order valence-corrected chi connectivity index (χ2v) is 5.68. The second kappa shape index (κ2) is 7.31. The number of hydrogen-bond donors (Lipinski definition) is 1. The van der Waals surface area contributed by atoms with Gasteiger partial charge in [0.2, 0.25) is 11.6 Å². The molecule has 29 heavy (non-hydrogen) atoms. The first-order valence-electron chi connectivity index (χ1n) is 8.11. The smallest absolute Gasteiger partial charge is 0.364 e. The van der Waals surface area contributed by atoms with Crippen LogP contribution in [0.25, 0.3) is 23.1 Å². The standard InChI is InChI=1S/C18H10FN5O5/c19-11-7-6-10(17-22-23-18(29-17)14-4-2-8-28-14)9-13(11)21-16(25)12-3-1-5-15(20-12)24(26)27/h1-9H,(H,21,25). The van der Waals surface area contributed by atoms with Gasteiger partial charge < -0.3 is 24.3 Å². The summed E-state index contributed by atoms with van der Waals surface area (Å²) in [5.41, 5.74) is -0.0699. The minimum absolute atomic E-state index is 0.0837. The van der Waals surface area contributed by atoms with Crippen LogP contribution in [0.2, 0.25) is 0 Å². The van der Waals surface area contributed by atoms with Gasteiger partial charge in [0.15, 0.2) is 5.76 Å². The van der Waals surface area contributed by atoms with E-state index in [1.165, 1.54) is 30.5 Å². The number of hydrogen-bond acceptors (Lipinski definition) is 8. The maximum atomic E-state index is 14.2. The highest BCUT2D eigenvalue weighted by atomic mass is 19.1. The number of nitrogens with one attached hydrogen (secondary N) is 1. The number of nitrogens with zero attached hydrogens (tertiary/aromatic N) is 4. The number of anilines is 1. The SMILES string of the molecule is O=C(Nc1cc(-c2nnc(-c3ccco3)o2)ccc1F)c1cccc([N+](=O)[O-])n1. The molecule has 144 valence electrons. The molecule has 0 aliphatic heterocycles. The molecule has 1 aromatic carbocycles. The van der Waals surface area contributed by atoms with Crippen molar-refractivity contribution in [3.63, 3.8) is 0 Å². The lowest BCUT2D eigenvalue weighted by Gasteiger charge is -2.06. The number of rotatable bonds is 5. The molecule has 0 fully saturated rings. The van der Waals surface area contributed by atoms with Crippen molar-refractivity contribution >= 4 is 17.4 Å². The molecule has 11 heteroatoms. The van der Waals surface area contributed by atoms with E-state index in [0.717, 1.165) is 12.1 Å². The van der Waals surface area contributed by atoms with E-state index in [4.69, 9.17) is 8.83 Å². The predicted octanol–water partition coefficient (Wildman–Crippen LogP) is 3.69. The minimum Gasteiger partial charge on any atom is -0.459 e. The monoisotopic (exact) mass is 395 g/mol. The maximum Gasteiger partial charge on any atom is 0.364 e. The third kappa shape index (κ3) is 3.69. The molecule has 1 N–H and O–H groups in total. The van der Waals surface area contributed by atoms with Crippen LogP contribution in [0.15, 0.2) is 63.6 Å². The van der Waals surface area contributed by atoms with Gasteiger partial charge in [-0.25, -0.2) is 4.39 Å². The average Bonchev–Trinajstić information content (AvgIpc) is 3.41. The van der Waals surface area contributed by atoms with Crippen molar-refractivity contribution in [1.82, 2.24) is 15.2 Å². The van der Waals surface area contributed by atoms with Gasteiger partial charge in [0, 0.05) is 11.6 Å². The third-order valence-corrected chi connectivity index (χ3v) is 3.77. The molecule has 0 aliphatic carbocycles. The highest BCUT2D eigenvalue weighted by molar-refractivity contribution is 6.03. The van der Waals surface area contributed by atoms with Crippen molar-refractivity contribution in [1.29, 1.82) is 0 Å². The summed E-state index contributed by atoms with van der Waals surface area (Å²) < 4.78 is 24.8. The van der Waals surface area contributed by atoms with Crippen LogP contribution in [-0.4, -0.2) is 26.0 Å². The molecule has 3 aromatic heterocycles. The average molecular weight is 395 g/mol. The quantitative estimate of drug-likeness (QED) is 0.399. The van der Waals surface area contributed by atoms with Gasteiger partial charge in [-0.15, -0.1) is 10.2 Å². The lowest BCUT2D eigenvalue weighted by molar-refractivity contribution is -0.389. The van der Waals surface area contributed by atoms with Gasteiger partial charge in [-0.05, 0) is 52.4 Å². The summed E-state index contributed by atoms with van der Waals surface area (Å²) in [5.74, 6) is -1.44.